The lowest BCUT2D eigenvalue weighted by Gasteiger charge is -2.30. The van der Waals surface area contributed by atoms with E-state index >= 15 is 0 Å². The number of aromatic nitrogens is 2. The predicted octanol–water partition coefficient (Wildman–Crippen LogP) is 4.45. The van der Waals surface area contributed by atoms with Crippen LogP contribution in [0.1, 0.15) is 28.6 Å². The van der Waals surface area contributed by atoms with Crippen LogP contribution in [0.3, 0.4) is 0 Å². The van der Waals surface area contributed by atoms with Crippen LogP contribution >= 0.6 is 0 Å². The third kappa shape index (κ3) is 1.93. The highest BCUT2D eigenvalue weighted by molar-refractivity contribution is 5.81. The van der Waals surface area contributed by atoms with Crippen LogP contribution in [-0.2, 0) is 0 Å². The highest BCUT2D eigenvalue weighted by Crippen LogP contribution is 2.40. The fourth-order valence-corrected chi connectivity index (χ4v) is 3.33. The third-order valence-electron chi connectivity index (χ3n) is 4.25. The van der Waals surface area contributed by atoms with Crippen LogP contribution in [0.5, 0.6) is 0 Å². The van der Waals surface area contributed by atoms with Gasteiger partial charge in [0.15, 0.2) is 0 Å². The molecule has 3 aromatic rings. The Kier molecular flexibility index (Phi) is 2.83. The molecule has 3 nitrogen and oxygen atoms in total. The molecule has 0 aliphatic carbocycles. The van der Waals surface area contributed by atoms with Gasteiger partial charge < -0.3 is 5.32 Å². The summed E-state index contributed by atoms with van der Waals surface area (Å²) in [6.07, 6.45) is 0.0406. The van der Waals surface area contributed by atoms with Gasteiger partial charge in [-0.15, -0.1) is 0 Å². The molecule has 1 unspecified atom stereocenters. The minimum Gasteiger partial charge on any atom is -0.359 e. The van der Waals surface area contributed by atoms with Crippen molar-refractivity contribution >= 4 is 5.69 Å². The summed E-state index contributed by atoms with van der Waals surface area (Å²) in [5, 5.41) is 8.40. The molecule has 0 amide bonds. The molecular formula is C19H19N3. The molecule has 3 heteroatoms. The van der Waals surface area contributed by atoms with Crippen molar-refractivity contribution in [2.75, 3.05) is 5.32 Å². The molecule has 22 heavy (non-hydrogen) atoms. The lowest BCUT2D eigenvalue weighted by atomic mass is 9.98. The van der Waals surface area contributed by atoms with Crippen LogP contribution < -0.4 is 5.32 Å². The van der Waals surface area contributed by atoms with Crippen molar-refractivity contribution < 1.29 is 0 Å². The molecule has 0 fully saturated rings. The number of nitrogens with zero attached hydrogens (tertiary/aromatic N) is 2. The Morgan fingerprint density at radius 3 is 2.55 bits per heavy atom. The van der Waals surface area contributed by atoms with Crippen molar-refractivity contribution in [1.82, 2.24) is 9.78 Å². The minimum absolute atomic E-state index is 0.0406. The summed E-state index contributed by atoms with van der Waals surface area (Å²) < 4.78 is 2.10. The first-order chi connectivity index (χ1) is 10.6. The van der Waals surface area contributed by atoms with Crippen molar-refractivity contribution in [3.05, 3.63) is 70.9 Å². The zero-order valence-corrected chi connectivity index (χ0v) is 13.1. The van der Waals surface area contributed by atoms with Gasteiger partial charge in [-0.1, -0.05) is 42.0 Å². The van der Waals surface area contributed by atoms with E-state index in [0.717, 1.165) is 5.69 Å². The van der Waals surface area contributed by atoms with Crippen molar-refractivity contribution in [1.29, 1.82) is 0 Å². The van der Waals surface area contributed by atoms with Gasteiger partial charge in [0.25, 0.3) is 0 Å². The monoisotopic (exact) mass is 289 g/mol. The molecule has 1 aromatic heterocycles. The Morgan fingerprint density at radius 2 is 1.77 bits per heavy atom. The molecule has 1 N–H and O–H groups in total. The van der Waals surface area contributed by atoms with Crippen molar-refractivity contribution in [3.8, 4) is 11.3 Å². The van der Waals surface area contributed by atoms with E-state index in [-0.39, 0.29) is 6.17 Å². The third-order valence-corrected chi connectivity index (χ3v) is 4.25. The van der Waals surface area contributed by atoms with Crippen molar-refractivity contribution in [2.24, 2.45) is 0 Å². The largest absolute Gasteiger partial charge is 0.359 e. The number of anilines is 1. The van der Waals surface area contributed by atoms with Crippen LogP contribution in [0.25, 0.3) is 11.3 Å². The van der Waals surface area contributed by atoms with Gasteiger partial charge in [-0.3, -0.25) is 0 Å². The van der Waals surface area contributed by atoms with E-state index in [9.17, 15) is 0 Å². The van der Waals surface area contributed by atoms with Gasteiger partial charge in [-0.05, 0) is 44.0 Å². The Labute approximate surface area is 130 Å². The number of fused-ring (bicyclic) bond motifs is 3. The van der Waals surface area contributed by atoms with Gasteiger partial charge in [0.2, 0.25) is 0 Å². The molecule has 0 saturated carbocycles. The first kappa shape index (κ1) is 13.1. The summed E-state index contributed by atoms with van der Waals surface area (Å²) in [6.45, 7) is 6.36. The molecule has 1 atom stereocenters. The number of aryl methyl sites for hydroxylation is 3. The van der Waals surface area contributed by atoms with Crippen LogP contribution in [0.4, 0.5) is 5.69 Å². The number of hydrogen-bond donors (Lipinski definition) is 1. The molecular weight excluding hydrogens is 270 g/mol. The fourth-order valence-electron chi connectivity index (χ4n) is 3.33. The summed E-state index contributed by atoms with van der Waals surface area (Å²) in [4.78, 5) is 0. The van der Waals surface area contributed by atoms with Gasteiger partial charge in [-0.2, -0.15) is 5.10 Å². The summed E-state index contributed by atoms with van der Waals surface area (Å²) in [5.74, 6) is 0. The van der Waals surface area contributed by atoms with Gasteiger partial charge in [0, 0.05) is 11.3 Å². The van der Waals surface area contributed by atoms with Gasteiger partial charge >= 0.3 is 0 Å². The van der Waals surface area contributed by atoms with E-state index in [2.05, 4.69) is 73.2 Å². The van der Waals surface area contributed by atoms with Crippen LogP contribution in [0, 0.1) is 20.8 Å². The highest BCUT2D eigenvalue weighted by atomic mass is 15.4. The first-order valence-electron chi connectivity index (χ1n) is 7.63. The van der Waals surface area contributed by atoms with Gasteiger partial charge in [0.1, 0.15) is 6.17 Å². The average Bonchev–Trinajstić information content (AvgIpc) is 2.89. The molecule has 0 saturated heterocycles. The zero-order chi connectivity index (χ0) is 15.3. The number of rotatable bonds is 1. The quantitative estimate of drug-likeness (QED) is 0.717. The SMILES string of the molecule is Cc1cc(C)c2c(c1)-c1cc(C)nn1C(c1ccccc1)N2. The predicted molar refractivity (Wildman–Crippen MR) is 90.1 cm³/mol. The molecule has 0 bridgehead atoms. The second-order valence-electron chi connectivity index (χ2n) is 6.08. The Balaban J connectivity index is 1.96. The standard InChI is InChI=1S/C19H19N3/c1-12-9-13(2)18-16(10-12)17-11-14(3)21-22(17)19(20-18)15-7-5-4-6-8-15/h4-11,19-20H,1-3H3. The molecule has 2 heterocycles. The van der Waals surface area contributed by atoms with Crippen molar-refractivity contribution in [2.45, 2.75) is 26.9 Å². The van der Waals surface area contributed by atoms with E-state index in [1.807, 2.05) is 6.07 Å². The molecule has 1 aliphatic rings. The summed E-state index contributed by atoms with van der Waals surface area (Å²) in [7, 11) is 0. The van der Waals surface area contributed by atoms with E-state index in [0.29, 0.717) is 0 Å². The Hall–Kier alpha value is -2.55. The fraction of sp³-hybridized carbons (Fsp3) is 0.211. The molecule has 4 rings (SSSR count). The minimum atomic E-state index is 0.0406. The zero-order valence-electron chi connectivity index (χ0n) is 13.1. The molecule has 1 aliphatic heterocycles. The van der Waals surface area contributed by atoms with Gasteiger partial charge in [-0.25, -0.2) is 4.68 Å². The molecule has 110 valence electrons. The second kappa shape index (κ2) is 4.73. The molecule has 2 aromatic carbocycles. The molecule has 0 radical (unpaired) electrons. The summed E-state index contributed by atoms with van der Waals surface area (Å²) in [5.41, 5.74) is 8.47. The Bertz CT molecular complexity index is 847. The maximum absolute atomic E-state index is 4.72. The average molecular weight is 289 g/mol. The maximum atomic E-state index is 4.72. The van der Waals surface area contributed by atoms with Crippen LogP contribution in [-0.4, -0.2) is 9.78 Å². The highest BCUT2D eigenvalue weighted by Gasteiger charge is 2.27. The van der Waals surface area contributed by atoms with E-state index < -0.39 is 0 Å². The Morgan fingerprint density at radius 1 is 1.00 bits per heavy atom. The second-order valence-corrected chi connectivity index (χ2v) is 6.08. The van der Waals surface area contributed by atoms with E-state index in [4.69, 9.17) is 5.10 Å². The van der Waals surface area contributed by atoms with Crippen LogP contribution in [0.2, 0.25) is 0 Å². The van der Waals surface area contributed by atoms with Crippen LogP contribution in [0.15, 0.2) is 48.5 Å². The van der Waals surface area contributed by atoms with E-state index in [1.54, 1.807) is 0 Å². The lowest BCUT2D eigenvalue weighted by molar-refractivity contribution is 0.570. The summed E-state index contributed by atoms with van der Waals surface area (Å²) in [6, 6.07) is 17.1. The smallest absolute Gasteiger partial charge is 0.147 e. The van der Waals surface area contributed by atoms with Gasteiger partial charge in [0.05, 0.1) is 11.4 Å². The topological polar surface area (TPSA) is 29.9 Å². The maximum Gasteiger partial charge on any atom is 0.147 e. The lowest BCUT2D eigenvalue weighted by Crippen LogP contribution is -2.26. The summed E-state index contributed by atoms with van der Waals surface area (Å²) >= 11 is 0. The number of nitrogens with one attached hydrogen (secondary N) is 1. The first-order valence-corrected chi connectivity index (χ1v) is 7.63. The van der Waals surface area contributed by atoms with Crippen molar-refractivity contribution in [3.63, 3.8) is 0 Å². The number of benzene rings is 2. The normalized spacial score (nSPS) is 15.9. The molecule has 0 spiro atoms. The van der Waals surface area contributed by atoms with E-state index in [1.165, 1.54) is 33.6 Å². The number of hydrogen-bond acceptors (Lipinski definition) is 2.